The minimum absolute atomic E-state index is 0.459. The van der Waals surface area contributed by atoms with Crippen LogP contribution >= 0.6 is 0 Å². The van der Waals surface area contributed by atoms with Gasteiger partial charge >= 0.3 is 0 Å². The zero-order chi connectivity index (χ0) is 12.9. The predicted molar refractivity (Wildman–Crippen MR) is 79.3 cm³/mol. The van der Waals surface area contributed by atoms with E-state index in [-0.39, 0.29) is 0 Å². The number of rotatable bonds is 3. The monoisotopic (exact) mass is 255 g/mol. The number of aryl methyl sites for hydroxylation is 1. The van der Waals surface area contributed by atoms with Crippen LogP contribution in [0.3, 0.4) is 0 Å². The first-order chi connectivity index (χ1) is 9.27. The fourth-order valence-corrected chi connectivity index (χ4v) is 5.17. The lowest BCUT2D eigenvalue weighted by Crippen LogP contribution is -2.58. The summed E-state index contributed by atoms with van der Waals surface area (Å²) in [6.07, 6.45) is 7.55. The van der Waals surface area contributed by atoms with Gasteiger partial charge in [-0.15, -0.1) is 0 Å². The maximum absolute atomic E-state index is 3.55. The van der Waals surface area contributed by atoms with Gasteiger partial charge in [-0.2, -0.15) is 0 Å². The summed E-state index contributed by atoms with van der Waals surface area (Å²) < 4.78 is 0. The van der Waals surface area contributed by atoms with E-state index in [1.54, 1.807) is 12.0 Å². The van der Waals surface area contributed by atoms with Crippen molar-refractivity contribution < 1.29 is 0 Å². The number of benzene rings is 1. The number of hydrogen-bond acceptors (Lipinski definition) is 1. The summed E-state index contributed by atoms with van der Waals surface area (Å²) >= 11 is 0. The van der Waals surface area contributed by atoms with Gasteiger partial charge in [0.05, 0.1) is 0 Å². The lowest BCUT2D eigenvalue weighted by molar-refractivity contribution is 0.179. The average Bonchev–Trinajstić information content (AvgIpc) is 2.97. The first kappa shape index (κ1) is 12.0. The summed E-state index contributed by atoms with van der Waals surface area (Å²) in [6, 6.07) is 9.07. The average molecular weight is 255 g/mol. The lowest BCUT2D eigenvalue weighted by Gasteiger charge is -2.47. The van der Waals surface area contributed by atoms with Gasteiger partial charge in [0.1, 0.15) is 0 Å². The SMILES string of the molecule is Cc1ccccc1C1(CC2CC3CCC2C3)CNC1. The van der Waals surface area contributed by atoms with E-state index in [0.717, 1.165) is 17.8 Å². The van der Waals surface area contributed by atoms with E-state index in [0.29, 0.717) is 5.41 Å². The molecule has 1 aromatic carbocycles. The van der Waals surface area contributed by atoms with E-state index in [4.69, 9.17) is 0 Å². The molecule has 3 unspecified atom stereocenters. The molecular formula is C18H25N. The van der Waals surface area contributed by atoms with Crippen LogP contribution in [0, 0.1) is 24.7 Å². The molecule has 2 saturated carbocycles. The standard InChI is InChI=1S/C18H25N/c1-13-4-2-3-5-17(13)18(11-19-12-18)10-16-9-14-6-7-15(16)8-14/h2-5,14-16,19H,6-12H2,1H3. The molecule has 102 valence electrons. The van der Waals surface area contributed by atoms with E-state index >= 15 is 0 Å². The zero-order valence-electron chi connectivity index (χ0n) is 12.0. The topological polar surface area (TPSA) is 12.0 Å². The van der Waals surface area contributed by atoms with Gasteiger partial charge in [0.15, 0.2) is 0 Å². The van der Waals surface area contributed by atoms with Crippen molar-refractivity contribution in [3.8, 4) is 0 Å². The summed E-state index contributed by atoms with van der Waals surface area (Å²) in [7, 11) is 0. The number of fused-ring (bicyclic) bond motifs is 2. The molecule has 2 bridgehead atoms. The minimum Gasteiger partial charge on any atom is -0.315 e. The molecule has 0 radical (unpaired) electrons. The Bertz CT molecular complexity index is 474. The molecule has 1 heteroatoms. The molecule has 0 amide bonds. The smallest absolute Gasteiger partial charge is 0.0208 e. The van der Waals surface area contributed by atoms with Crippen LogP contribution in [0.15, 0.2) is 24.3 Å². The Morgan fingerprint density at radius 2 is 2.00 bits per heavy atom. The van der Waals surface area contributed by atoms with Crippen molar-refractivity contribution in [2.24, 2.45) is 17.8 Å². The summed E-state index contributed by atoms with van der Waals surface area (Å²) in [5, 5.41) is 3.55. The molecule has 1 N–H and O–H groups in total. The highest BCUT2D eigenvalue weighted by molar-refractivity contribution is 5.36. The van der Waals surface area contributed by atoms with Gasteiger partial charge in [-0.3, -0.25) is 0 Å². The van der Waals surface area contributed by atoms with Crippen molar-refractivity contribution in [3.05, 3.63) is 35.4 Å². The molecule has 0 aromatic heterocycles. The lowest BCUT2D eigenvalue weighted by atomic mass is 9.66. The van der Waals surface area contributed by atoms with Crippen LogP contribution < -0.4 is 5.32 Å². The van der Waals surface area contributed by atoms with Crippen molar-refractivity contribution in [3.63, 3.8) is 0 Å². The molecule has 0 spiro atoms. The second-order valence-electron chi connectivity index (χ2n) is 7.34. The van der Waals surface area contributed by atoms with Crippen LogP contribution in [-0.2, 0) is 5.41 Å². The minimum atomic E-state index is 0.459. The summed E-state index contributed by atoms with van der Waals surface area (Å²) in [4.78, 5) is 0. The summed E-state index contributed by atoms with van der Waals surface area (Å²) in [5.41, 5.74) is 3.57. The molecule has 1 heterocycles. The Morgan fingerprint density at radius 1 is 1.16 bits per heavy atom. The van der Waals surface area contributed by atoms with E-state index in [2.05, 4.69) is 36.5 Å². The third-order valence-electron chi connectivity index (χ3n) is 6.18. The fourth-order valence-electron chi connectivity index (χ4n) is 5.17. The molecule has 2 aliphatic carbocycles. The Hall–Kier alpha value is -0.820. The van der Waals surface area contributed by atoms with Gasteiger partial charge in [-0.05, 0) is 61.5 Å². The van der Waals surface area contributed by atoms with Crippen LogP contribution in [0.1, 0.15) is 43.2 Å². The molecule has 3 aliphatic rings. The maximum Gasteiger partial charge on any atom is 0.0208 e. The van der Waals surface area contributed by atoms with Gasteiger partial charge in [-0.1, -0.05) is 30.7 Å². The molecule has 4 rings (SSSR count). The maximum atomic E-state index is 3.55. The second kappa shape index (κ2) is 4.34. The molecule has 3 fully saturated rings. The third kappa shape index (κ3) is 1.86. The summed E-state index contributed by atoms with van der Waals surface area (Å²) in [5.74, 6) is 3.16. The van der Waals surface area contributed by atoms with E-state index < -0.39 is 0 Å². The van der Waals surface area contributed by atoms with E-state index in [1.165, 1.54) is 44.3 Å². The first-order valence-electron chi connectivity index (χ1n) is 8.04. The van der Waals surface area contributed by atoms with Gasteiger partial charge in [0, 0.05) is 18.5 Å². The number of hydrogen-bond donors (Lipinski definition) is 1. The predicted octanol–water partition coefficient (Wildman–Crippen LogP) is 3.66. The summed E-state index contributed by atoms with van der Waals surface area (Å²) in [6.45, 7) is 4.69. The molecule has 1 aliphatic heterocycles. The van der Waals surface area contributed by atoms with Crippen molar-refractivity contribution >= 4 is 0 Å². The molecule has 3 atom stereocenters. The zero-order valence-corrected chi connectivity index (χ0v) is 12.0. The normalized spacial score (nSPS) is 35.3. The van der Waals surface area contributed by atoms with Crippen molar-refractivity contribution in [1.29, 1.82) is 0 Å². The fraction of sp³-hybridized carbons (Fsp3) is 0.667. The quantitative estimate of drug-likeness (QED) is 0.869. The first-order valence-corrected chi connectivity index (χ1v) is 8.04. The van der Waals surface area contributed by atoms with Crippen molar-refractivity contribution in [1.82, 2.24) is 5.32 Å². The number of nitrogens with one attached hydrogen (secondary N) is 1. The van der Waals surface area contributed by atoms with Crippen LogP contribution in [0.5, 0.6) is 0 Å². The van der Waals surface area contributed by atoms with Crippen LogP contribution in [0.2, 0.25) is 0 Å². The molecule has 1 nitrogen and oxygen atoms in total. The van der Waals surface area contributed by atoms with Crippen LogP contribution in [0.4, 0.5) is 0 Å². The molecule has 19 heavy (non-hydrogen) atoms. The van der Waals surface area contributed by atoms with Crippen LogP contribution in [0.25, 0.3) is 0 Å². The van der Waals surface area contributed by atoms with Crippen LogP contribution in [-0.4, -0.2) is 13.1 Å². The highest BCUT2D eigenvalue weighted by atomic mass is 15.0. The van der Waals surface area contributed by atoms with Gasteiger partial charge in [0.2, 0.25) is 0 Å². The second-order valence-corrected chi connectivity index (χ2v) is 7.34. The largest absolute Gasteiger partial charge is 0.315 e. The van der Waals surface area contributed by atoms with Gasteiger partial charge in [0.25, 0.3) is 0 Å². The Labute approximate surface area is 116 Å². The molecule has 1 aromatic rings. The highest BCUT2D eigenvalue weighted by Crippen LogP contribution is 2.53. The van der Waals surface area contributed by atoms with Gasteiger partial charge < -0.3 is 5.32 Å². The Kier molecular flexibility index (Phi) is 2.73. The van der Waals surface area contributed by atoms with Crippen molar-refractivity contribution in [2.45, 2.75) is 44.4 Å². The van der Waals surface area contributed by atoms with E-state index in [1.807, 2.05) is 0 Å². The van der Waals surface area contributed by atoms with E-state index in [9.17, 15) is 0 Å². The third-order valence-corrected chi connectivity index (χ3v) is 6.18. The molecule has 1 saturated heterocycles. The molecular weight excluding hydrogens is 230 g/mol. The highest BCUT2D eigenvalue weighted by Gasteiger charge is 2.47. The van der Waals surface area contributed by atoms with Crippen molar-refractivity contribution in [2.75, 3.05) is 13.1 Å². The Balaban J connectivity index is 1.59. The van der Waals surface area contributed by atoms with Gasteiger partial charge in [-0.25, -0.2) is 0 Å². The Morgan fingerprint density at radius 3 is 2.58 bits per heavy atom.